The third-order valence-electron chi connectivity index (χ3n) is 5.07. The zero-order chi connectivity index (χ0) is 20.1. The molecule has 7 nitrogen and oxygen atoms in total. The number of carbonyl (C=O) groups excluding carboxylic acids is 1. The monoisotopic (exact) mass is 408 g/mol. The summed E-state index contributed by atoms with van der Waals surface area (Å²) in [6.45, 7) is 3.09. The smallest absolute Gasteiger partial charge is 0.233 e. The Kier molecular flexibility index (Phi) is 6.12. The van der Waals surface area contributed by atoms with Crippen molar-refractivity contribution in [2.45, 2.75) is 11.2 Å². The number of aromatic nitrogens is 3. The lowest BCUT2D eigenvalue weighted by atomic mass is 9.96. The molecule has 150 valence electrons. The van der Waals surface area contributed by atoms with Crippen LogP contribution in [0.1, 0.15) is 17.2 Å². The van der Waals surface area contributed by atoms with Crippen molar-refractivity contribution in [3.63, 3.8) is 0 Å². The number of piperazine rings is 1. The molecule has 4 rings (SSSR count). The van der Waals surface area contributed by atoms with E-state index >= 15 is 0 Å². The van der Waals surface area contributed by atoms with Crippen molar-refractivity contribution in [1.29, 1.82) is 0 Å². The predicted octanol–water partition coefficient (Wildman–Crippen LogP) is 2.41. The number of nitrogens with two attached hydrogens (primary N) is 1. The Morgan fingerprint density at radius 2 is 1.59 bits per heavy atom. The van der Waals surface area contributed by atoms with E-state index in [0.29, 0.717) is 24.0 Å². The highest BCUT2D eigenvalue weighted by Crippen LogP contribution is 2.29. The third-order valence-corrected chi connectivity index (χ3v) is 5.90. The van der Waals surface area contributed by atoms with Crippen LogP contribution in [-0.2, 0) is 4.79 Å². The third kappa shape index (κ3) is 4.78. The van der Waals surface area contributed by atoms with Gasteiger partial charge in [-0.25, -0.2) is 5.10 Å². The topological polar surface area (TPSA) is 91.1 Å². The average molecular weight is 409 g/mol. The molecule has 2 heterocycles. The van der Waals surface area contributed by atoms with E-state index in [4.69, 9.17) is 5.73 Å². The molecule has 0 unspecified atom stereocenters. The number of benzene rings is 2. The molecule has 1 aliphatic rings. The van der Waals surface area contributed by atoms with Gasteiger partial charge >= 0.3 is 0 Å². The van der Waals surface area contributed by atoms with Gasteiger partial charge in [0.2, 0.25) is 17.0 Å². The maximum atomic E-state index is 12.6. The molecule has 0 saturated carbocycles. The number of nitrogen functional groups attached to an aromatic ring is 1. The van der Waals surface area contributed by atoms with Crippen molar-refractivity contribution in [3.8, 4) is 0 Å². The minimum atomic E-state index is 0.106. The van der Waals surface area contributed by atoms with Crippen molar-refractivity contribution in [3.05, 3.63) is 71.8 Å². The van der Waals surface area contributed by atoms with Crippen molar-refractivity contribution in [2.75, 3.05) is 37.7 Å². The highest BCUT2D eigenvalue weighted by atomic mass is 32.2. The van der Waals surface area contributed by atoms with E-state index in [0.717, 1.165) is 13.1 Å². The molecule has 29 heavy (non-hydrogen) atoms. The Bertz CT molecular complexity index is 885. The Morgan fingerprint density at radius 3 is 2.10 bits per heavy atom. The second kappa shape index (κ2) is 9.11. The van der Waals surface area contributed by atoms with E-state index in [1.807, 2.05) is 17.0 Å². The summed E-state index contributed by atoms with van der Waals surface area (Å²) in [6, 6.07) is 21.3. The lowest BCUT2D eigenvalue weighted by Gasteiger charge is -2.39. The summed E-state index contributed by atoms with van der Waals surface area (Å²) < 4.78 is 0. The van der Waals surface area contributed by atoms with E-state index < -0.39 is 0 Å². The number of hydrogen-bond donors (Lipinski definition) is 2. The SMILES string of the molecule is Nc1nc(SCC(=O)N2CCN(C(c3ccccc3)c3ccccc3)CC2)n[nH]1. The first-order valence-electron chi connectivity index (χ1n) is 9.63. The van der Waals surface area contributed by atoms with Gasteiger partial charge in [-0.05, 0) is 11.1 Å². The molecule has 3 aromatic rings. The minimum Gasteiger partial charge on any atom is -0.368 e. The van der Waals surface area contributed by atoms with Crippen LogP contribution in [0.15, 0.2) is 65.8 Å². The lowest BCUT2D eigenvalue weighted by molar-refractivity contribution is -0.130. The highest BCUT2D eigenvalue weighted by molar-refractivity contribution is 7.99. The van der Waals surface area contributed by atoms with E-state index in [2.05, 4.69) is 68.6 Å². The van der Waals surface area contributed by atoms with Gasteiger partial charge in [-0.3, -0.25) is 9.69 Å². The maximum Gasteiger partial charge on any atom is 0.233 e. The standard InChI is InChI=1S/C21H24N6OS/c22-20-23-21(25-24-20)29-15-18(28)26-11-13-27(14-12-26)19(16-7-3-1-4-8-16)17-9-5-2-6-10-17/h1-10,19H,11-15H2,(H3,22,23,24,25). The number of aromatic amines is 1. The van der Waals surface area contributed by atoms with Crippen LogP contribution in [0.5, 0.6) is 0 Å². The fraction of sp³-hybridized carbons (Fsp3) is 0.286. The van der Waals surface area contributed by atoms with Gasteiger partial charge in [-0.15, -0.1) is 5.10 Å². The molecule has 1 fully saturated rings. The summed E-state index contributed by atoms with van der Waals surface area (Å²) in [6.07, 6.45) is 0. The summed E-state index contributed by atoms with van der Waals surface area (Å²) in [7, 11) is 0. The first kappa shape index (κ1) is 19.5. The first-order valence-corrected chi connectivity index (χ1v) is 10.6. The summed E-state index contributed by atoms with van der Waals surface area (Å²) >= 11 is 1.31. The van der Waals surface area contributed by atoms with Crippen molar-refractivity contribution >= 4 is 23.6 Å². The minimum absolute atomic E-state index is 0.106. The van der Waals surface area contributed by atoms with Gasteiger partial charge in [0, 0.05) is 26.2 Å². The van der Waals surface area contributed by atoms with E-state index in [1.54, 1.807) is 0 Å². The van der Waals surface area contributed by atoms with Crippen LogP contribution in [0.25, 0.3) is 0 Å². The summed E-state index contributed by atoms with van der Waals surface area (Å²) in [4.78, 5) is 21.0. The molecule has 1 saturated heterocycles. The number of carbonyl (C=O) groups is 1. The Morgan fingerprint density at radius 1 is 1.00 bits per heavy atom. The molecule has 0 bridgehead atoms. The number of rotatable bonds is 6. The molecule has 0 aliphatic carbocycles. The average Bonchev–Trinajstić information content (AvgIpc) is 3.19. The van der Waals surface area contributed by atoms with Crippen LogP contribution < -0.4 is 5.73 Å². The first-order chi connectivity index (χ1) is 14.2. The van der Waals surface area contributed by atoms with E-state index in [1.165, 1.54) is 22.9 Å². The predicted molar refractivity (Wildman–Crippen MR) is 114 cm³/mol. The fourth-order valence-electron chi connectivity index (χ4n) is 3.65. The number of nitrogens with one attached hydrogen (secondary N) is 1. The van der Waals surface area contributed by atoms with Gasteiger partial charge in [0.1, 0.15) is 0 Å². The fourth-order valence-corrected chi connectivity index (χ4v) is 4.36. The summed E-state index contributed by atoms with van der Waals surface area (Å²) in [5, 5.41) is 7.05. The van der Waals surface area contributed by atoms with E-state index in [9.17, 15) is 4.79 Å². The number of hydrogen-bond acceptors (Lipinski definition) is 6. The molecular weight excluding hydrogens is 384 g/mol. The molecular formula is C21H24N6OS. The van der Waals surface area contributed by atoms with Gasteiger partial charge in [0.15, 0.2) is 0 Å². The largest absolute Gasteiger partial charge is 0.368 e. The molecule has 1 amide bonds. The number of nitrogens with zero attached hydrogens (tertiary/aromatic N) is 4. The molecule has 2 aromatic carbocycles. The van der Waals surface area contributed by atoms with Crippen molar-refractivity contribution in [1.82, 2.24) is 25.0 Å². The van der Waals surface area contributed by atoms with Gasteiger partial charge < -0.3 is 10.6 Å². The molecule has 1 aliphatic heterocycles. The quantitative estimate of drug-likeness (QED) is 0.609. The summed E-state index contributed by atoms with van der Waals surface area (Å²) in [5.41, 5.74) is 8.07. The zero-order valence-electron chi connectivity index (χ0n) is 16.1. The molecule has 0 spiro atoms. The zero-order valence-corrected chi connectivity index (χ0v) is 16.9. The summed E-state index contributed by atoms with van der Waals surface area (Å²) in [5.74, 6) is 0.688. The Hall–Kier alpha value is -2.84. The molecule has 8 heteroatoms. The van der Waals surface area contributed by atoms with Gasteiger partial charge in [0.05, 0.1) is 11.8 Å². The van der Waals surface area contributed by atoms with Gasteiger partial charge in [-0.2, -0.15) is 4.98 Å². The number of H-pyrrole nitrogens is 1. The Balaban J connectivity index is 1.39. The van der Waals surface area contributed by atoms with Crippen LogP contribution in [0.4, 0.5) is 5.95 Å². The van der Waals surface area contributed by atoms with Crippen LogP contribution in [0.2, 0.25) is 0 Å². The Labute approximate surface area is 174 Å². The van der Waals surface area contributed by atoms with Crippen molar-refractivity contribution in [2.24, 2.45) is 0 Å². The number of anilines is 1. The second-order valence-corrected chi connectivity index (χ2v) is 7.88. The maximum absolute atomic E-state index is 12.6. The normalized spacial score (nSPS) is 15.0. The molecule has 3 N–H and O–H groups in total. The van der Waals surface area contributed by atoms with E-state index in [-0.39, 0.29) is 17.9 Å². The number of thioether (sulfide) groups is 1. The van der Waals surface area contributed by atoms with Gasteiger partial charge in [-0.1, -0.05) is 72.4 Å². The van der Waals surface area contributed by atoms with Crippen LogP contribution >= 0.6 is 11.8 Å². The molecule has 0 atom stereocenters. The van der Waals surface area contributed by atoms with Crippen LogP contribution in [0.3, 0.4) is 0 Å². The molecule has 0 radical (unpaired) electrons. The van der Waals surface area contributed by atoms with Crippen LogP contribution in [0, 0.1) is 0 Å². The van der Waals surface area contributed by atoms with Crippen molar-refractivity contribution < 1.29 is 4.79 Å². The second-order valence-electron chi connectivity index (χ2n) is 6.93. The highest BCUT2D eigenvalue weighted by Gasteiger charge is 2.28. The lowest BCUT2D eigenvalue weighted by Crippen LogP contribution is -2.50. The van der Waals surface area contributed by atoms with Gasteiger partial charge in [0.25, 0.3) is 0 Å². The van der Waals surface area contributed by atoms with Crippen LogP contribution in [-0.4, -0.2) is 62.8 Å². The molecule has 1 aromatic heterocycles. The number of amides is 1.